The van der Waals surface area contributed by atoms with Crippen LogP contribution in [0, 0.1) is 0 Å². The topological polar surface area (TPSA) is 37.3 Å². The van der Waals surface area contributed by atoms with Crippen molar-refractivity contribution in [3.05, 3.63) is 34.3 Å². The van der Waals surface area contributed by atoms with Crippen molar-refractivity contribution in [1.29, 1.82) is 0 Å². The third-order valence-electron chi connectivity index (χ3n) is 1.38. The zero-order valence-electron chi connectivity index (χ0n) is 6.00. The Morgan fingerprint density at radius 1 is 1.33 bits per heavy atom. The number of carboxylic acid groups (broad SMARTS) is 1. The maximum absolute atomic E-state index is 10.5. The Kier molecular flexibility index (Phi) is 3.29. The lowest BCUT2D eigenvalue weighted by atomic mass is 10.2. The first kappa shape index (κ1) is 9.74. The average molecular weight is 294 g/mol. The Hall–Kier alpha value is -0.350. The SMILES string of the molecule is O=C(O)[C@H](Br)c1ccc(Br)cc1. The van der Waals surface area contributed by atoms with Gasteiger partial charge in [-0.15, -0.1) is 0 Å². The van der Waals surface area contributed by atoms with Crippen LogP contribution in [-0.4, -0.2) is 11.1 Å². The fourth-order valence-electron chi connectivity index (χ4n) is 0.774. The van der Waals surface area contributed by atoms with E-state index in [0.29, 0.717) is 0 Å². The molecule has 1 atom stereocenters. The van der Waals surface area contributed by atoms with E-state index in [-0.39, 0.29) is 0 Å². The van der Waals surface area contributed by atoms with Crippen molar-refractivity contribution in [1.82, 2.24) is 0 Å². The molecule has 1 rings (SSSR count). The lowest BCUT2D eigenvalue weighted by Crippen LogP contribution is -2.03. The summed E-state index contributed by atoms with van der Waals surface area (Å²) in [5.74, 6) is -0.877. The summed E-state index contributed by atoms with van der Waals surface area (Å²) in [6.07, 6.45) is 0. The second-order valence-electron chi connectivity index (χ2n) is 2.25. The van der Waals surface area contributed by atoms with Crippen molar-refractivity contribution < 1.29 is 9.90 Å². The van der Waals surface area contributed by atoms with Crippen LogP contribution in [0.2, 0.25) is 0 Å². The van der Waals surface area contributed by atoms with Gasteiger partial charge in [-0.2, -0.15) is 0 Å². The van der Waals surface area contributed by atoms with Gasteiger partial charge in [0.2, 0.25) is 0 Å². The molecule has 0 saturated carbocycles. The molecule has 0 aromatic heterocycles. The third kappa shape index (κ3) is 2.32. The molecule has 1 N–H and O–H groups in total. The molecule has 1 aromatic carbocycles. The summed E-state index contributed by atoms with van der Waals surface area (Å²) in [7, 11) is 0. The van der Waals surface area contributed by atoms with Crippen molar-refractivity contribution in [2.45, 2.75) is 4.83 Å². The molecular weight excluding hydrogens is 288 g/mol. The monoisotopic (exact) mass is 292 g/mol. The van der Waals surface area contributed by atoms with E-state index in [1.165, 1.54) is 0 Å². The Morgan fingerprint density at radius 3 is 2.25 bits per heavy atom. The number of aliphatic carboxylic acids is 1. The highest BCUT2D eigenvalue weighted by Crippen LogP contribution is 2.24. The Labute approximate surface area is 86.9 Å². The molecule has 2 nitrogen and oxygen atoms in total. The standard InChI is InChI=1S/C8H6Br2O2/c9-6-3-1-5(2-4-6)7(10)8(11)12/h1-4,7H,(H,11,12)/t7-/m1/s1. The zero-order valence-corrected chi connectivity index (χ0v) is 9.17. The fourth-order valence-corrected chi connectivity index (χ4v) is 1.34. The van der Waals surface area contributed by atoms with Gasteiger partial charge in [0.05, 0.1) is 0 Å². The van der Waals surface area contributed by atoms with Crippen molar-refractivity contribution in [2.75, 3.05) is 0 Å². The highest BCUT2D eigenvalue weighted by Gasteiger charge is 2.14. The molecule has 0 aliphatic carbocycles. The largest absolute Gasteiger partial charge is 0.480 e. The lowest BCUT2D eigenvalue weighted by Gasteiger charge is -2.03. The third-order valence-corrected chi connectivity index (χ3v) is 2.83. The molecule has 0 fully saturated rings. The Balaban J connectivity index is 2.89. The molecule has 0 saturated heterocycles. The second kappa shape index (κ2) is 4.05. The molecule has 12 heavy (non-hydrogen) atoms. The van der Waals surface area contributed by atoms with E-state index in [1.807, 2.05) is 12.1 Å². The molecule has 0 unspecified atom stereocenters. The van der Waals surface area contributed by atoms with Gasteiger partial charge in [-0.25, -0.2) is 0 Å². The van der Waals surface area contributed by atoms with E-state index in [1.54, 1.807) is 12.1 Å². The first-order valence-electron chi connectivity index (χ1n) is 3.23. The fraction of sp³-hybridized carbons (Fsp3) is 0.125. The van der Waals surface area contributed by atoms with Gasteiger partial charge in [-0.1, -0.05) is 44.0 Å². The highest BCUT2D eigenvalue weighted by molar-refractivity contribution is 9.10. The van der Waals surface area contributed by atoms with Gasteiger partial charge >= 0.3 is 5.97 Å². The first-order valence-corrected chi connectivity index (χ1v) is 4.94. The molecule has 0 bridgehead atoms. The summed E-state index contributed by atoms with van der Waals surface area (Å²) in [6.45, 7) is 0. The summed E-state index contributed by atoms with van der Waals surface area (Å²) < 4.78 is 0.941. The first-order chi connectivity index (χ1) is 5.61. The van der Waals surface area contributed by atoms with E-state index in [9.17, 15) is 4.79 Å². The van der Waals surface area contributed by atoms with Crippen LogP contribution in [0.15, 0.2) is 28.7 Å². The predicted octanol–water partition coefficient (Wildman–Crippen LogP) is 2.97. The molecular formula is C8H6Br2O2. The van der Waals surface area contributed by atoms with Gasteiger partial charge < -0.3 is 5.11 Å². The van der Waals surface area contributed by atoms with Crippen molar-refractivity contribution in [3.8, 4) is 0 Å². The van der Waals surface area contributed by atoms with E-state index in [2.05, 4.69) is 31.9 Å². The number of alkyl halides is 1. The quantitative estimate of drug-likeness (QED) is 0.851. The molecule has 4 heteroatoms. The van der Waals surface area contributed by atoms with Crippen LogP contribution in [0.25, 0.3) is 0 Å². The van der Waals surface area contributed by atoms with Gasteiger partial charge in [-0.05, 0) is 17.7 Å². The van der Waals surface area contributed by atoms with E-state index in [4.69, 9.17) is 5.11 Å². The normalized spacial score (nSPS) is 12.5. The molecule has 0 radical (unpaired) electrons. The van der Waals surface area contributed by atoms with E-state index < -0.39 is 10.8 Å². The van der Waals surface area contributed by atoms with Crippen LogP contribution in [-0.2, 0) is 4.79 Å². The number of hydrogen-bond acceptors (Lipinski definition) is 1. The molecule has 64 valence electrons. The van der Waals surface area contributed by atoms with Gasteiger partial charge in [0, 0.05) is 4.47 Å². The average Bonchev–Trinajstić information content (AvgIpc) is 2.04. The number of rotatable bonds is 2. The molecule has 0 amide bonds. The molecule has 0 aliphatic rings. The van der Waals surface area contributed by atoms with Crippen LogP contribution in [0.1, 0.15) is 10.4 Å². The van der Waals surface area contributed by atoms with Gasteiger partial charge in [0.25, 0.3) is 0 Å². The van der Waals surface area contributed by atoms with Crippen molar-refractivity contribution in [3.63, 3.8) is 0 Å². The highest BCUT2D eigenvalue weighted by atomic mass is 79.9. The van der Waals surface area contributed by atoms with Crippen molar-refractivity contribution in [2.24, 2.45) is 0 Å². The molecule has 0 heterocycles. The number of carboxylic acids is 1. The molecule has 0 aliphatic heterocycles. The minimum Gasteiger partial charge on any atom is -0.480 e. The number of carbonyl (C=O) groups is 1. The van der Waals surface area contributed by atoms with Crippen molar-refractivity contribution >= 4 is 37.8 Å². The number of halogens is 2. The Bertz CT molecular complexity index is 282. The van der Waals surface area contributed by atoms with Crippen LogP contribution >= 0.6 is 31.9 Å². The minimum atomic E-state index is -0.877. The summed E-state index contributed by atoms with van der Waals surface area (Å²) in [6, 6.07) is 7.15. The number of hydrogen-bond donors (Lipinski definition) is 1. The van der Waals surface area contributed by atoms with Gasteiger partial charge in [-0.3, -0.25) is 4.79 Å². The maximum Gasteiger partial charge on any atom is 0.321 e. The summed E-state index contributed by atoms with van der Waals surface area (Å²) >= 11 is 6.33. The van der Waals surface area contributed by atoms with Crippen LogP contribution < -0.4 is 0 Å². The minimum absolute atomic E-state index is 0.620. The van der Waals surface area contributed by atoms with Gasteiger partial charge in [0.1, 0.15) is 4.83 Å². The van der Waals surface area contributed by atoms with Gasteiger partial charge in [0.15, 0.2) is 0 Å². The van der Waals surface area contributed by atoms with E-state index >= 15 is 0 Å². The smallest absolute Gasteiger partial charge is 0.321 e. The predicted molar refractivity (Wildman–Crippen MR) is 53.4 cm³/mol. The second-order valence-corrected chi connectivity index (χ2v) is 4.08. The van der Waals surface area contributed by atoms with Crippen LogP contribution in [0.4, 0.5) is 0 Å². The molecule has 0 spiro atoms. The number of benzene rings is 1. The van der Waals surface area contributed by atoms with Crippen LogP contribution in [0.5, 0.6) is 0 Å². The Morgan fingerprint density at radius 2 is 1.83 bits per heavy atom. The van der Waals surface area contributed by atoms with E-state index in [0.717, 1.165) is 10.0 Å². The lowest BCUT2D eigenvalue weighted by molar-refractivity contribution is -0.136. The summed E-state index contributed by atoms with van der Waals surface area (Å²) in [4.78, 5) is 9.91. The maximum atomic E-state index is 10.5. The molecule has 1 aromatic rings. The van der Waals surface area contributed by atoms with Crippen LogP contribution in [0.3, 0.4) is 0 Å². The summed E-state index contributed by atoms with van der Waals surface area (Å²) in [5, 5.41) is 8.65. The summed E-state index contributed by atoms with van der Waals surface area (Å²) in [5.41, 5.74) is 0.741. The zero-order chi connectivity index (χ0) is 9.14.